The Labute approximate surface area is 113 Å². The molecule has 19 heavy (non-hydrogen) atoms. The average molecular weight is 257 g/mol. The van der Waals surface area contributed by atoms with Gasteiger partial charge in [-0.15, -0.1) is 0 Å². The lowest BCUT2D eigenvalue weighted by molar-refractivity contribution is 0.340. The van der Waals surface area contributed by atoms with E-state index < -0.39 is 0 Å². The van der Waals surface area contributed by atoms with Crippen LogP contribution in [0.15, 0.2) is 24.3 Å². The molecule has 0 saturated carbocycles. The lowest BCUT2D eigenvalue weighted by Gasteiger charge is -2.16. The number of imidazole rings is 1. The second kappa shape index (κ2) is 5.05. The van der Waals surface area contributed by atoms with Gasteiger partial charge in [0.2, 0.25) is 0 Å². The van der Waals surface area contributed by atoms with Gasteiger partial charge in [0, 0.05) is 30.9 Å². The van der Waals surface area contributed by atoms with E-state index in [4.69, 9.17) is 4.74 Å². The third-order valence-electron chi connectivity index (χ3n) is 3.46. The molecule has 1 aromatic heterocycles. The Morgan fingerprint density at radius 2 is 2.11 bits per heavy atom. The smallest absolute Gasteiger partial charge is 0.119 e. The topological polar surface area (TPSA) is 39.1 Å². The van der Waals surface area contributed by atoms with Crippen LogP contribution in [-0.2, 0) is 13.0 Å². The summed E-state index contributed by atoms with van der Waals surface area (Å²) in [5, 5.41) is 3.36. The van der Waals surface area contributed by atoms with Gasteiger partial charge >= 0.3 is 0 Å². The maximum absolute atomic E-state index is 5.49. The van der Waals surface area contributed by atoms with Crippen LogP contribution < -0.4 is 10.1 Å². The predicted octanol–water partition coefficient (Wildman–Crippen LogP) is 2.23. The van der Waals surface area contributed by atoms with Gasteiger partial charge in [-0.1, -0.05) is 0 Å². The first-order chi connectivity index (χ1) is 9.29. The summed E-state index contributed by atoms with van der Waals surface area (Å²) in [7, 11) is 0. The zero-order valence-corrected chi connectivity index (χ0v) is 11.4. The number of benzene rings is 1. The maximum Gasteiger partial charge on any atom is 0.119 e. The molecule has 3 rings (SSSR count). The average Bonchev–Trinajstić information content (AvgIpc) is 2.76. The number of hydrogen-bond donors (Lipinski definition) is 1. The SMILES string of the molecule is CCOc1ccc(-n2c(C)nc3c2CCNC3)cc1. The number of rotatable bonds is 3. The monoisotopic (exact) mass is 257 g/mol. The van der Waals surface area contributed by atoms with Crippen LogP contribution in [0.1, 0.15) is 24.1 Å². The van der Waals surface area contributed by atoms with E-state index in [-0.39, 0.29) is 0 Å². The Kier molecular flexibility index (Phi) is 3.25. The van der Waals surface area contributed by atoms with E-state index >= 15 is 0 Å². The standard InChI is InChI=1S/C15H19N3O/c1-3-19-13-6-4-12(5-7-13)18-11(2)17-14-10-16-9-8-15(14)18/h4-7,16H,3,8-10H2,1-2H3. The van der Waals surface area contributed by atoms with E-state index in [2.05, 4.69) is 33.9 Å². The van der Waals surface area contributed by atoms with E-state index in [1.807, 2.05) is 19.1 Å². The molecular formula is C15H19N3O. The minimum absolute atomic E-state index is 0.699. The van der Waals surface area contributed by atoms with Crippen LogP contribution in [0, 0.1) is 6.92 Å². The van der Waals surface area contributed by atoms with Crippen LogP contribution >= 0.6 is 0 Å². The highest BCUT2D eigenvalue weighted by Crippen LogP contribution is 2.22. The summed E-state index contributed by atoms with van der Waals surface area (Å²) in [4.78, 5) is 4.66. The molecular weight excluding hydrogens is 238 g/mol. The summed E-state index contributed by atoms with van der Waals surface area (Å²) in [6, 6.07) is 8.24. The zero-order chi connectivity index (χ0) is 13.2. The van der Waals surface area contributed by atoms with Crippen molar-refractivity contribution in [1.29, 1.82) is 0 Å². The molecule has 4 nitrogen and oxygen atoms in total. The molecule has 1 aromatic carbocycles. The number of aromatic nitrogens is 2. The second-order valence-corrected chi connectivity index (χ2v) is 4.74. The van der Waals surface area contributed by atoms with Crippen molar-refractivity contribution in [3.05, 3.63) is 41.5 Å². The van der Waals surface area contributed by atoms with Crippen molar-refractivity contribution in [2.45, 2.75) is 26.8 Å². The lowest BCUT2D eigenvalue weighted by atomic mass is 10.1. The largest absolute Gasteiger partial charge is 0.494 e. The summed E-state index contributed by atoms with van der Waals surface area (Å²) in [6.07, 6.45) is 1.03. The lowest BCUT2D eigenvalue weighted by Crippen LogP contribution is -2.24. The number of aryl methyl sites for hydroxylation is 1. The first kappa shape index (κ1) is 12.2. The predicted molar refractivity (Wildman–Crippen MR) is 74.9 cm³/mol. The zero-order valence-electron chi connectivity index (χ0n) is 11.4. The third kappa shape index (κ3) is 2.24. The van der Waals surface area contributed by atoms with E-state index in [9.17, 15) is 0 Å². The summed E-state index contributed by atoms with van der Waals surface area (Å²) in [5.41, 5.74) is 3.68. The van der Waals surface area contributed by atoms with Gasteiger partial charge in [0.05, 0.1) is 12.3 Å². The van der Waals surface area contributed by atoms with Crippen LogP contribution in [0.4, 0.5) is 0 Å². The maximum atomic E-state index is 5.49. The minimum atomic E-state index is 0.699. The van der Waals surface area contributed by atoms with Crippen LogP contribution in [0.2, 0.25) is 0 Å². The van der Waals surface area contributed by atoms with Gasteiger partial charge in [0.15, 0.2) is 0 Å². The molecule has 0 radical (unpaired) electrons. The fourth-order valence-corrected chi connectivity index (χ4v) is 2.65. The Balaban J connectivity index is 1.99. The van der Waals surface area contributed by atoms with Gasteiger partial charge in [-0.05, 0) is 38.1 Å². The van der Waals surface area contributed by atoms with Gasteiger partial charge in [0.25, 0.3) is 0 Å². The molecule has 0 aliphatic carbocycles. The number of nitrogens with zero attached hydrogens (tertiary/aromatic N) is 2. The van der Waals surface area contributed by atoms with E-state index in [1.54, 1.807) is 0 Å². The molecule has 2 heterocycles. The molecule has 0 bridgehead atoms. The van der Waals surface area contributed by atoms with Gasteiger partial charge in [-0.25, -0.2) is 4.98 Å². The molecule has 0 spiro atoms. The van der Waals surface area contributed by atoms with Crippen molar-refractivity contribution < 1.29 is 4.74 Å². The second-order valence-electron chi connectivity index (χ2n) is 4.74. The summed E-state index contributed by atoms with van der Waals surface area (Å²) in [6.45, 7) is 6.66. The molecule has 0 fully saturated rings. The molecule has 100 valence electrons. The van der Waals surface area contributed by atoms with Crippen molar-refractivity contribution in [2.24, 2.45) is 0 Å². The number of fused-ring (bicyclic) bond motifs is 1. The molecule has 0 unspecified atom stereocenters. The van der Waals surface area contributed by atoms with Gasteiger partial charge in [-0.2, -0.15) is 0 Å². The fraction of sp³-hybridized carbons (Fsp3) is 0.400. The number of ether oxygens (including phenoxy) is 1. The van der Waals surface area contributed by atoms with Crippen molar-refractivity contribution >= 4 is 0 Å². The fourth-order valence-electron chi connectivity index (χ4n) is 2.65. The summed E-state index contributed by atoms with van der Waals surface area (Å²) in [5.74, 6) is 1.97. The minimum Gasteiger partial charge on any atom is -0.494 e. The molecule has 0 atom stereocenters. The van der Waals surface area contributed by atoms with Crippen LogP contribution in [0.25, 0.3) is 5.69 Å². The highest BCUT2D eigenvalue weighted by molar-refractivity contribution is 5.41. The van der Waals surface area contributed by atoms with Crippen molar-refractivity contribution in [3.63, 3.8) is 0 Å². The number of hydrogen-bond acceptors (Lipinski definition) is 3. The van der Waals surface area contributed by atoms with E-state index in [0.29, 0.717) is 6.61 Å². The molecule has 0 amide bonds. The van der Waals surface area contributed by atoms with Gasteiger partial charge < -0.3 is 14.6 Å². The van der Waals surface area contributed by atoms with E-state index in [0.717, 1.165) is 36.8 Å². The molecule has 1 aliphatic rings. The normalized spacial score (nSPS) is 14.2. The first-order valence-corrected chi connectivity index (χ1v) is 6.80. The Morgan fingerprint density at radius 3 is 2.84 bits per heavy atom. The Bertz CT molecular complexity index is 572. The molecule has 2 aromatic rings. The Hall–Kier alpha value is -1.81. The van der Waals surface area contributed by atoms with Crippen LogP contribution in [-0.4, -0.2) is 22.7 Å². The number of nitrogens with one attached hydrogen (secondary N) is 1. The van der Waals surface area contributed by atoms with Crippen molar-refractivity contribution in [3.8, 4) is 11.4 Å². The molecule has 1 aliphatic heterocycles. The highest BCUT2D eigenvalue weighted by atomic mass is 16.5. The highest BCUT2D eigenvalue weighted by Gasteiger charge is 2.18. The van der Waals surface area contributed by atoms with Gasteiger partial charge in [0.1, 0.15) is 11.6 Å². The molecule has 4 heteroatoms. The van der Waals surface area contributed by atoms with Crippen molar-refractivity contribution in [1.82, 2.24) is 14.9 Å². The Morgan fingerprint density at radius 1 is 1.32 bits per heavy atom. The van der Waals surface area contributed by atoms with Crippen LogP contribution in [0.3, 0.4) is 0 Å². The molecule has 0 saturated heterocycles. The quantitative estimate of drug-likeness (QED) is 0.916. The van der Waals surface area contributed by atoms with Crippen molar-refractivity contribution in [2.75, 3.05) is 13.2 Å². The summed E-state index contributed by atoms with van der Waals surface area (Å²) >= 11 is 0. The summed E-state index contributed by atoms with van der Waals surface area (Å²) < 4.78 is 7.74. The van der Waals surface area contributed by atoms with Crippen LogP contribution in [0.5, 0.6) is 5.75 Å². The first-order valence-electron chi connectivity index (χ1n) is 6.80. The molecule has 1 N–H and O–H groups in total. The van der Waals surface area contributed by atoms with Gasteiger partial charge in [-0.3, -0.25) is 0 Å². The van der Waals surface area contributed by atoms with E-state index in [1.165, 1.54) is 11.4 Å². The third-order valence-corrected chi connectivity index (χ3v) is 3.46.